The van der Waals surface area contributed by atoms with Crippen molar-refractivity contribution in [3.8, 4) is 0 Å². The van der Waals surface area contributed by atoms with E-state index in [0.29, 0.717) is 6.04 Å². The van der Waals surface area contributed by atoms with Gasteiger partial charge in [-0.3, -0.25) is 0 Å². The zero-order valence-corrected chi connectivity index (χ0v) is 10.0. The van der Waals surface area contributed by atoms with Gasteiger partial charge in [0.2, 0.25) is 0 Å². The Morgan fingerprint density at radius 3 is 2.80 bits per heavy atom. The Hall–Kier alpha value is -0.380. The van der Waals surface area contributed by atoms with Crippen molar-refractivity contribution in [1.82, 2.24) is 5.32 Å². The molecule has 0 aromatic carbocycles. The monoisotopic (exact) mass is 225 g/mol. The van der Waals surface area contributed by atoms with Gasteiger partial charge in [-0.05, 0) is 55.1 Å². The van der Waals surface area contributed by atoms with Crippen molar-refractivity contribution in [3.05, 3.63) is 22.4 Å². The predicted octanol–water partition coefficient (Wildman–Crippen LogP) is 2.18. The van der Waals surface area contributed by atoms with Crippen LogP contribution in [0.15, 0.2) is 16.8 Å². The first-order valence-corrected chi connectivity index (χ1v) is 6.57. The molecule has 3 heteroatoms. The summed E-state index contributed by atoms with van der Waals surface area (Å²) in [7, 11) is 2.01. The Balaban J connectivity index is 1.92. The van der Waals surface area contributed by atoms with Gasteiger partial charge in [-0.1, -0.05) is 0 Å². The molecule has 1 saturated carbocycles. The number of aliphatic hydroxyl groups is 1. The van der Waals surface area contributed by atoms with Gasteiger partial charge in [0.25, 0.3) is 0 Å². The van der Waals surface area contributed by atoms with E-state index in [4.69, 9.17) is 0 Å². The molecule has 15 heavy (non-hydrogen) atoms. The van der Waals surface area contributed by atoms with Gasteiger partial charge in [-0.25, -0.2) is 0 Å². The van der Waals surface area contributed by atoms with Gasteiger partial charge in [0.05, 0.1) is 5.60 Å². The Morgan fingerprint density at radius 2 is 2.27 bits per heavy atom. The van der Waals surface area contributed by atoms with E-state index >= 15 is 0 Å². The number of thiophene rings is 1. The van der Waals surface area contributed by atoms with Crippen molar-refractivity contribution in [2.45, 2.75) is 43.7 Å². The van der Waals surface area contributed by atoms with Crippen molar-refractivity contribution in [2.24, 2.45) is 0 Å². The molecule has 0 amide bonds. The van der Waals surface area contributed by atoms with Crippen molar-refractivity contribution in [2.75, 3.05) is 7.05 Å². The normalized spacial score (nSPS) is 31.7. The van der Waals surface area contributed by atoms with Gasteiger partial charge in [0.1, 0.15) is 0 Å². The molecule has 0 unspecified atom stereocenters. The van der Waals surface area contributed by atoms with Crippen LogP contribution in [0.5, 0.6) is 0 Å². The second kappa shape index (κ2) is 4.64. The minimum atomic E-state index is -0.450. The van der Waals surface area contributed by atoms with Gasteiger partial charge in [0.15, 0.2) is 0 Å². The minimum absolute atomic E-state index is 0.450. The molecule has 0 atom stereocenters. The highest BCUT2D eigenvalue weighted by Gasteiger charge is 2.32. The van der Waals surface area contributed by atoms with E-state index < -0.39 is 5.60 Å². The van der Waals surface area contributed by atoms with Crippen molar-refractivity contribution < 1.29 is 5.11 Å². The molecule has 2 rings (SSSR count). The molecule has 84 valence electrons. The van der Waals surface area contributed by atoms with E-state index in [1.54, 1.807) is 11.3 Å². The summed E-state index contributed by atoms with van der Waals surface area (Å²) in [5, 5.41) is 17.9. The maximum absolute atomic E-state index is 10.4. The van der Waals surface area contributed by atoms with Crippen LogP contribution in [-0.2, 0) is 6.42 Å². The summed E-state index contributed by atoms with van der Waals surface area (Å²) >= 11 is 1.71. The number of hydrogen-bond donors (Lipinski definition) is 2. The molecule has 0 spiro atoms. The number of hydrogen-bond acceptors (Lipinski definition) is 3. The van der Waals surface area contributed by atoms with E-state index in [0.717, 1.165) is 32.1 Å². The topological polar surface area (TPSA) is 32.3 Å². The van der Waals surface area contributed by atoms with E-state index in [-0.39, 0.29) is 0 Å². The second-order valence-electron chi connectivity index (χ2n) is 4.60. The summed E-state index contributed by atoms with van der Waals surface area (Å²) in [5.74, 6) is 0. The first-order chi connectivity index (χ1) is 7.22. The molecule has 2 N–H and O–H groups in total. The molecule has 0 radical (unpaired) electrons. The Morgan fingerprint density at radius 1 is 1.53 bits per heavy atom. The van der Waals surface area contributed by atoms with Crippen molar-refractivity contribution >= 4 is 11.3 Å². The Kier molecular flexibility index (Phi) is 3.44. The Labute approximate surface area is 95.3 Å². The zero-order valence-electron chi connectivity index (χ0n) is 9.20. The van der Waals surface area contributed by atoms with Crippen LogP contribution in [0.1, 0.15) is 31.2 Å². The van der Waals surface area contributed by atoms with Crippen molar-refractivity contribution in [3.63, 3.8) is 0 Å². The second-order valence-corrected chi connectivity index (χ2v) is 5.38. The quantitative estimate of drug-likeness (QED) is 0.826. The number of nitrogens with one attached hydrogen (secondary N) is 1. The third-order valence-electron chi connectivity index (χ3n) is 3.44. The SMILES string of the molecule is CNC1CCC(O)(Cc2ccsc2)CC1. The van der Waals surface area contributed by atoms with Gasteiger partial charge in [-0.15, -0.1) is 0 Å². The van der Waals surface area contributed by atoms with Gasteiger partial charge >= 0.3 is 0 Å². The fourth-order valence-electron chi connectivity index (χ4n) is 2.39. The maximum Gasteiger partial charge on any atom is 0.0689 e. The van der Waals surface area contributed by atoms with Crippen LogP contribution in [-0.4, -0.2) is 23.8 Å². The Bertz CT molecular complexity index is 289. The van der Waals surface area contributed by atoms with Gasteiger partial charge in [-0.2, -0.15) is 11.3 Å². The average Bonchev–Trinajstić information content (AvgIpc) is 2.71. The lowest BCUT2D eigenvalue weighted by Crippen LogP contribution is -2.41. The summed E-state index contributed by atoms with van der Waals surface area (Å²) < 4.78 is 0. The molecule has 0 aliphatic heterocycles. The van der Waals surface area contributed by atoms with Crippen LogP contribution in [0.25, 0.3) is 0 Å². The highest BCUT2D eigenvalue weighted by Crippen LogP contribution is 2.31. The fourth-order valence-corrected chi connectivity index (χ4v) is 3.06. The van der Waals surface area contributed by atoms with Crippen LogP contribution in [0.4, 0.5) is 0 Å². The molecule has 1 fully saturated rings. The van der Waals surface area contributed by atoms with Crippen LogP contribution < -0.4 is 5.32 Å². The zero-order chi connectivity index (χ0) is 10.7. The van der Waals surface area contributed by atoms with Crippen LogP contribution in [0.3, 0.4) is 0 Å². The lowest BCUT2D eigenvalue weighted by atomic mass is 9.79. The molecule has 1 aromatic rings. The molecular formula is C12H19NOS. The molecule has 1 aliphatic rings. The summed E-state index contributed by atoms with van der Waals surface area (Å²) in [6.45, 7) is 0. The maximum atomic E-state index is 10.4. The molecule has 0 bridgehead atoms. The molecule has 1 heterocycles. The lowest BCUT2D eigenvalue weighted by molar-refractivity contribution is -0.00234. The predicted molar refractivity (Wildman–Crippen MR) is 64.3 cm³/mol. The van der Waals surface area contributed by atoms with Crippen LogP contribution >= 0.6 is 11.3 Å². The lowest BCUT2D eigenvalue weighted by Gasteiger charge is -2.35. The summed E-state index contributed by atoms with van der Waals surface area (Å²) in [6.07, 6.45) is 4.86. The summed E-state index contributed by atoms with van der Waals surface area (Å²) in [4.78, 5) is 0. The summed E-state index contributed by atoms with van der Waals surface area (Å²) in [5.41, 5.74) is 0.833. The highest BCUT2D eigenvalue weighted by molar-refractivity contribution is 7.07. The van der Waals surface area contributed by atoms with Crippen LogP contribution in [0.2, 0.25) is 0 Å². The molecule has 1 aromatic heterocycles. The van der Waals surface area contributed by atoms with E-state index in [9.17, 15) is 5.11 Å². The molecule has 0 saturated heterocycles. The first kappa shape index (κ1) is 11.1. The molecular weight excluding hydrogens is 206 g/mol. The van der Waals surface area contributed by atoms with Gasteiger partial charge in [0, 0.05) is 12.5 Å². The third kappa shape index (κ3) is 2.80. The number of rotatable bonds is 3. The third-order valence-corrected chi connectivity index (χ3v) is 4.17. The summed E-state index contributed by atoms with van der Waals surface area (Å²) in [6, 6.07) is 2.72. The largest absolute Gasteiger partial charge is 0.390 e. The fraction of sp³-hybridized carbons (Fsp3) is 0.667. The first-order valence-electron chi connectivity index (χ1n) is 5.63. The van der Waals surface area contributed by atoms with Crippen LogP contribution in [0, 0.1) is 0 Å². The van der Waals surface area contributed by atoms with E-state index in [2.05, 4.69) is 22.1 Å². The smallest absolute Gasteiger partial charge is 0.0689 e. The standard InChI is InChI=1S/C12H19NOS/c1-13-11-2-5-12(14,6-3-11)8-10-4-7-15-9-10/h4,7,9,11,13-14H,2-3,5-6,8H2,1H3. The van der Waals surface area contributed by atoms with E-state index in [1.165, 1.54) is 5.56 Å². The minimum Gasteiger partial charge on any atom is -0.390 e. The molecule has 2 nitrogen and oxygen atoms in total. The van der Waals surface area contributed by atoms with Crippen molar-refractivity contribution in [1.29, 1.82) is 0 Å². The molecule has 1 aliphatic carbocycles. The highest BCUT2D eigenvalue weighted by atomic mass is 32.1. The van der Waals surface area contributed by atoms with Gasteiger partial charge < -0.3 is 10.4 Å². The van der Waals surface area contributed by atoms with E-state index in [1.807, 2.05) is 7.05 Å². The average molecular weight is 225 g/mol.